The average molecular weight is 464 g/mol. The Morgan fingerprint density at radius 2 is 1.79 bits per heavy atom. The number of ketones is 1. The Labute approximate surface area is 178 Å². The summed E-state index contributed by atoms with van der Waals surface area (Å²) in [5.74, 6) is -0.384. The molecule has 29 heavy (non-hydrogen) atoms. The summed E-state index contributed by atoms with van der Waals surface area (Å²) in [5.41, 5.74) is 1.78. The summed E-state index contributed by atoms with van der Waals surface area (Å²) in [6, 6.07) is 12.1. The summed E-state index contributed by atoms with van der Waals surface area (Å²) in [4.78, 5) is 24.5. The molecular weight excluding hydrogens is 441 g/mol. The molecule has 0 aromatic heterocycles. The summed E-state index contributed by atoms with van der Waals surface area (Å²) >= 11 is 3.31. The van der Waals surface area contributed by atoms with Crippen molar-refractivity contribution in [2.24, 2.45) is 0 Å². The molecule has 5 nitrogen and oxygen atoms in total. The van der Waals surface area contributed by atoms with Gasteiger partial charge in [0.25, 0.3) is 0 Å². The third-order valence-electron chi connectivity index (χ3n) is 4.07. The zero-order chi connectivity index (χ0) is 21.2. The van der Waals surface area contributed by atoms with E-state index in [4.69, 9.17) is 9.47 Å². The second-order valence-corrected chi connectivity index (χ2v) is 7.10. The summed E-state index contributed by atoms with van der Waals surface area (Å²) in [5, 5.41) is 3.77. The number of halogens is 2. The van der Waals surface area contributed by atoms with Gasteiger partial charge >= 0.3 is 5.97 Å². The van der Waals surface area contributed by atoms with Crippen molar-refractivity contribution < 1.29 is 23.5 Å². The zero-order valence-corrected chi connectivity index (χ0v) is 17.9. The largest absolute Gasteiger partial charge is 0.493 e. The normalized spacial score (nSPS) is 12.2. The number of methoxy groups -OCH3 is 1. The molecule has 0 saturated heterocycles. The molecule has 2 rings (SSSR count). The van der Waals surface area contributed by atoms with Crippen molar-refractivity contribution in [3.8, 4) is 5.75 Å². The van der Waals surface area contributed by atoms with Crippen LogP contribution in [0.1, 0.15) is 22.8 Å². The molecule has 0 radical (unpaired) electrons. The van der Waals surface area contributed by atoms with E-state index in [9.17, 15) is 14.0 Å². The number of hydrogen-bond donors (Lipinski definition) is 1. The number of hydrogen-bond acceptors (Lipinski definition) is 5. The Kier molecular flexibility index (Phi) is 8.86. The van der Waals surface area contributed by atoms with E-state index in [0.29, 0.717) is 24.3 Å². The number of benzene rings is 2. The van der Waals surface area contributed by atoms with Crippen LogP contribution in [0.5, 0.6) is 5.75 Å². The van der Waals surface area contributed by atoms with E-state index >= 15 is 0 Å². The number of alkyl halides is 1. The van der Waals surface area contributed by atoms with E-state index < -0.39 is 17.8 Å². The maximum absolute atomic E-state index is 13.0. The topological polar surface area (TPSA) is 64.6 Å². The Bertz CT molecular complexity index is 850. The van der Waals surface area contributed by atoms with Crippen LogP contribution < -0.4 is 10.1 Å². The van der Waals surface area contributed by atoms with Gasteiger partial charge in [0.15, 0.2) is 5.78 Å². The van der Waals surface area contributed by atoms with Crippen molar-refractivity contribution in [3.05, 3.63) is 77.2 Å². The van der Waals surface area contributed by atoms with E-state index in [1.165, 1.54) is 37.5 Å². The van der Waals surface area contributed by atoms with Gasteiger partial charge in [-0.25, -0.2) is 9.18 Å². The van der Waals surface area contributed by atoms with E-state index in [1.54, 1.807) is 6.92 Å². The number of rotatable bonds is 10. The maximum atomic E-state index is 13.0. The molecule has 0 saturated carbocycles. The van der Waals surface area contributed by atoms with Gasteiger partial charge in [0.2, 0.25) is 0 Å². The highest BCUT2D eigenvalue weighted by atomic mass is 79.9. The second kappa shape index (κ2) is 11.4. The van der Waals surface area contributed by atoms with E-state index in [0.717, 1.165) is 16.6 Å². The molecule has 0 aliphatic carbocycles. The highest BCUT2D eigenvalue weighted by molar-refractivity contribution is 9.09. The summed E-state index contributed by atoms with van der Waals surface area (Å²) < 4.78 is 23.4. The van der Waals surface area contributed by atoms with Crippen LogP contribution in [0, 0.1) is 5.82 Å². The quantitative estimate of drug-likeness (QED) is 0.249. The molecular formula is C22H23BrFNO4. The third-order valence-corrected chi connectivity index (χ3v) is 4.40. The van der Waals surface area contributed by atoms with Crippen molar-refractivity contribution in [2.75, 3.05) is 19.0 Å². The first-order valence-electron chi connectivity index (χ1n) is 9.03. The van der Waals surface area contributed by atoms with Crippen LogP contribution in [0.4, 0.5) is 4.39 Å². The number of ether oxygens (including phenoxy) is 2. The lowest BCUT2D eigenvalue weighted by atomic mass is 10.0. The first kappa shape index (κ1) is 22.6. The number of carbonyl (C=O) groups excluding carboxylic acids is 2. The summed E-state index contributed by atoms with van der Waals surface area (Å²) in [7, 11) is 1.32. The van der Waals surface area contributed by atoms with Crippen molar-refractivity contribution >= 4 is 27.7 Å². The van der Waals surface area contributed by atoms with Crippen LogP contribution in [0.15, 0.2) is 60.3 Å². The van der Waals surface area contributed by atoms with Gasteiger partial charge in [-0.3, -0.25) is 4.79 Å². The number of nitrogens with one attached hydrogen (secondary N) is 1. The molecule has 2 aromatic rings. The van der Waals surface area contributed by atoms with Crippen molar-refractivity contribution in [1.82, 2.24) is 5.32 Å². The number of esters is 1. The van der Waals surface area contributed by atoms with Gasteiger partial charge in [0.1, 0.15) is 17.6 Å². The minimum absolute atomic E-state index is 0.285. The Hall–Kier alpha value is -2.67. The lowest BCUT2D eigenvalue weighted by Gasteiger charge is -2.18. The predicted molar refractivity (Wildman–Crippen MR) is 113 cm³/mol. The summed E-state index contributed by atoms with van der Waals surface area (Å²) in [6.45, 7) is 2.26. The molecule has 0 aliphatic rings. The molecule has 0 aliphatic heterocycles. The van der Waals surface area contributed by atoms with Crippen LogP contribution in [-0.4, -0.2) is 36.8 Å². The molecule has 2 aromatic carbocycles. The molecule has 0 heterocycles. The monoisotopic (exact) mass is 463 g/mol. The standard InChI is InChI=1S/C22H23BrFNO4/c1-15(13-21(26)17-5-7-18(24)8-6-17)25-20(22(27)28-2)14-16-3-9-19(10-4-16)29-12-11-23/h3-10,13,20,25H,11-12,14H2,1-2H3. The molecule has 1 atom stereocenters. The molecule has 154 valence electrons. The van der Waals surface area contributed by atoms with Crippen molar-refractivity contribution in [2.45, 2.75) is 19.4 Å². The fourth-order valence-electron chi connectivity index (χ4n) is 2.66. The molecule has 7 heteroatoms. The van der Waals surface area contributed by atoms with Crippen molar-refractivity contribution in [1.29, 1.82) is 0 Å². The van der Waals surface area contributed by atoms with Gasteiger partial charge in [0.05, 0.1) is 13.7 Å². The van der Waals surface area contributed by atoms with Gasteiger partial charge in [-0.05, 0) is 48.9 Å². The smallest absolute Gasteiger partial charge is 0.328 e. The van der Waals surface area contributed by atoms with Gasteiger partial charge in [-0.1, -0.05) is 28.1 Å². The average Bonchev–Trinajstić information content (AvgIpc) is 2.72. The Morgan fingerprint density at radius 3 is 2.38 bits per heavy atom. The molecule has 0 amide bonds. The Balaban J connectivity index is 2.06. The SMILES string of the molecule is COC(=O)C(Cc1ccc(OCCBr)cc1)NC(C)=CC(=O)c1ccc(F)cc1. The van der Waals surface area contributed by atoms with Crippen LogP contribution in [-0.2, 0) is 16.0 Å². The third kappa shape index (κ3) is 7.34. The van der Waals surface area contributed by atoms with Crippen LogP contribution in [0.3, 0.4) is 0 Å². The minimum atomic E-state index is -0.661. The fourth-order valence-corrected chi connectivity index (χ4v) is 2.82. The Morgan fingerprint density at radius 1 is 1.14 bits per heavy atom. The summed E-state index contributed by atoms with van der Waals surface area (Å²) in [6.07, 6.45) is 1.75. The predicted octanol–water partition coefficient (Wildman–Crippen LogP) is 4.06. The number of carbonyl (C=O) groups is 2. The van der Waals surface area contributed by atoms with Gasteiger partial charge < -0.3 is 14.8 Å². The highest BCUT2D eigenvalue weighted by Gasteiger charge is 2.20. The first-order chi connectivity index (χ1) is 13.9. The highest BCUT2D eigenvalue weighted by Crippen LogP contribution is 2.15. The lowest BCUT2D eigenvalue weighted by molar-refractivity contribution is -0.142. The molecule has 1 unspecified atom stereocenters. The van der Waals surface area contributed by atoms with E-state index in [2.05, 4.69) is 21.2 Å². The fraction of sp³-hybridized carbons (Fsp3) is 0.273. The van der Waals surface area contributed by atoms with Crippen molar-refractivity contribution in [3.63, 3.8) is 0 Å². The van der Waals surface area contributed by atoms with E-state index in [-0.39, 0.29) is 5.78 Å². The van der Waals surface area contributed by atoms with Crippen LogP contribution in [0.25, 0.3) is 0 Å². The molecule has 1 N–H and O–H groups in total. The zero-order valence-electron chi connectivity index (χ0n) is 16.3. The van der Waals surface area contributed by atoms with Gasteiger partial charge in [0, 0.05) is 29.1 Å². The van der Waals surface area contributed by atoms with Crippen LogP contribution in [0.2, 0.25) is 0 Å². The molecule has 0 spiro atoms. The second-order valence-electron chi connectivity index (χ2n) is 6.30. The maximum Gasteiger partial charge on any atom is 0.328 e. The first-order valence-corrected chi connectivity index (χ1v) is 10.2. The lowest BCUT2D eigenvalue weighted by Crippen LogP contribution is -2.38. The number of allylic oxidation sites excluding steroid dienone is 2. The minimum Gasteiger partial charge on any atom is -0.493 e. The molecule has 0 bridgehead atoms. The van der Waals surface area contributed by atoms with Gasteiger partial charge in [-0.2, -0.15) is 0 Å². The van der Waals surface area contributed by atoms with Crippen LogP contribution >= 0.6 is 15.9 Å². The van der Waals surface area contributed by atoms with E-state index in [1.807, 2.05) is 24.3 Å². The molecule has 0 fully saturated rings. The van der Waals surface area contributed by atoms with Gasteiger partial charge in [-0.15, -0.1) is 0 Å².